The number of rotatable bonds is 6. The van der Waals surface area contributed by atoms with Crippen LogP contribution >= 0.6 is 0 Å². The highest BCUT2D eigenvalue weighted by Crippen LogP contribution is 2.27. The van der Waals surface area contributed by atoms with Gasteiger partial charge in [0.15, 0.2) is 0 Å². The summed E-state index contributed by atoms with van der Waals surface area (Å²) >= 11 is 0. The summed E-state index contributed by atoms with van der Waals surface area (Å²) < 4.78 is 6.16. The first-order valence-electron chi connectivity index (χ1n) is 9.81. The van der Waals surface area contributed by atoms with E-state index in [2.05, 4.69) is 80.0 Å². The van der Waals surface area contributed by atoms with E-state index >= 15 is 0 Å². The van der Waals surface area contributed by atoms with E-state index in [-0.39, 0.29) is 0 Å². The molecule has 1 aliphatic rings. The highest BCUT2D eigenvalue weighted by atomic mass is 16.5. The van der Waals surface area contributed by atoms with Gasteiger partial charge in [-0.25, -0.2) is 0 Å². The van der Waals surface area contributed by atoms with Crippen molar-refractivity contribution in [2.24, 2.45) is 0 Å². The lowest BCUT2D eigenvalue weighted by Crippen LogP contribution is -2.47. The van der Waals surface area contributed by atoms with Crippen LogP contribution in [0.2, 0.25) is 0 Å². The molecule has 0 spiro atoms. The lowest BCUT2D eigenvalue weighted by atomic mass is 10.0. The van der Waals surface area contributed by atoms with E-state index in [0.29, 0.717) is 5.92 Å². The second kappa shape index (κ2) is 8.59. The van der Waals surface area contributed by atoms with Crippen molar-refractivity contribution in [2.45, 2.75) is 33.6 Å². The zero-order valence-electron chi connectivity index (χ0n) is 16.7. The number of hydrogen-bond donors (Lipinski definition) is 0. The maximum absolute atomic E-state index is 6.16. The lowest BCUT2D eigenvalue weighted by Gasteiger charge is -2.36. The molecule has 140 valence electrons. The van der Waals surface area contributed by atoms with E-state index < -0.39 is 0 Å². The Labute approximate surface area is 158 Å². The van der Waals surface area contributed by atoms with E-state index in [1.807, 2.05) is 0 Å². The van der Waals surface area contributed by atoms with Crippen LogP contribution in [0.3, 0.4) is 0 Å². The van der Waals surface area contributed by atoms with Gasteiger partial charge in [-0.05, 0) is 48.6 Å². The van der Waals surface area contributed by atoms with Crippen LogP contribution in [-0.4, -0.2) is 44.2 Å². The van der Waals surface area contributed by atoms with Crippen molar-refractivity contribution in [3.05, 3.63) is 59.2 Å². The molecule has 0 N–H and O–H groups in total. The van der Waals surface area contributed by atoms with Crippen molar-refractivity contribution >= 4 is 5.69 Å². The minimum atomic E-state index is 0.489. The molecule has 3 rings (SSSR count). The van der Waals surface area contributed by atoms with E-state index in [0.717, 1.165) is 45.1 Å². The van der Waals surface area contributed by atoms with Crippen molar-refractivity contribution in [3.63, 3.8) is 0 Å². The van der Waals surface area contributed by atoms with Crippen molar-refractivity contribution in [1.82, 2.24) is 4.90 Å². The minimum Gasteiger partial charge on any atom is -0.492 e. The van der Waals surface area contributed by atoms with Crippen LogP contribution in [-0.2, 0) is 0 Å². The number of benzene rings is 2. The maximum Gasteiger partial charge on any atom is 0.123 e. The molecule has 26 heavy (non-hydrogen) atoms. The van der Waals surface area contributed by atoms with Gasteiger partial charge in [-0.1, -0.05) is 44.2 Å². The number of hydrogen-bond acceptors (Lipinski definition) is 3. The van der Waals surface area contributed by atoms with E-state index in [9.17, 15) is 0 Å². The summed E-state index contributed by atoms with van der Waals surface area (Å²) in [4.78, 5) is 5.02. The Kier molecular flexibility index (Phi) is 6.20. The van der Waals surface area contributed by atoms with Crippen molar-refractivity contribution in [3.8, 4) is 5.75 Å². The molecule has 3 heteroatoms. The Hall–Kier alpha value is -2.00. The lowest BCUT2D eigenvalue weighted by molar-refractivity contribution is 0.199. The van der Waals surface area contributed by atoms with Gasteiger partial charge in [0.2, 0.25) is 0 Å². The summed E-state index contributed by atoms with van der Waals surface area (Å²) in [5, 5.41) is 0. The third-order valence-corrected chi connectivity index (χ3v) is 5.28. The second-order valence-electron chi connectivity index (χ2n) is 7.66. The summed E-state index contributed by atoms with van der Waals surface area (Å²) in [7, 11) is 0. The number of ether oxygens (including phenoxy) is 1. The van der Waals surface area contributed by atoms with Crippen LogP contribution in [0.5, 0.6) is 5.75 Å². The van der Waals surface area contributed by atoms with Crippen LogP contribution in [0.4, 0.5) is 5.69 Å². The molecule has 0 aromatic heterocycles. The van der Waals surface area contributed by atoms with Crippen LogP contribution in [0.15, 0.2) is 42.5 Å². The van der Waals surface area contributed by atoms with Gasteiger partial charge >= 0.3 is 0 Å². The Morgan fingerprint density at radius 1 is 0.962 bits per heavy atom. The molecule has 1 heterocycles. The minimum absolute atomic E-state index is 0.489. The zero-order chi connectivity index (χ0) is 18.5. The van der Waals surface area contributed by atoms with E-state index in [1.54, 1.807) is 0 Å². The molecule has 1 fully saturated rings. The molecule has 2 aromatic rings. The van der Waals surface area contributed by atoms with Gasteiger partial charge in [0.05, 0.1) is 0 Å². The molecule has 0 bridgehead atoms. The maximum atomic E-state index is 6.16. The molecule has 1 saturated heterocycles. The molecule has 0 amide bonds. The van der Waals surface area contributed by atoms with E-state index in [4.69, 9.17) is 4.74 Å². The summed E-state index contributed by atoms with van der Waals surface area (Å²) in [6.07, 6.45) is 0. The number of piperazine rings is 1. The van der Waals surface area contributed by atoms with Gasteiger partial charge in [0.25, 0.3) is 0 Å². The van der Waals surface area contributed by atoms with Gasteiger partial charge in [-0.3, -0.25) is 4.90 Å². The summed E-state index contributed by atoms with van der Waals surface area (Å²) in [5.74, 6) is 1.54. The van der Waals surface area contributed by atoms with Crippen molar-refractivity contribution < 1.29 is 4.74 Å². The third-order valence-electron chi connectivity index (χ3n) is 5.28. The predicted molar refractivity (Wildman–Crippen MR) is 111 cm³/mol. The molecule has 0 atom stereocenters. The van der Waals surface area contributed by atoms with Gasteiger partial charge in [-0.2, -0.15) is 0 Å². The molecular weight excluding hydrogens is 320 g/mol. The average molecular weight is 353 g/mol. The van der Waals surface area contributed by atoms with Crippen molar-refractivity contribution in [2.75, 3.05) is 44.2 Å². The van der Waals surface area contributed by atoms with Gasteiger partial charge in [0, 0.05) is 38.4 Å². The van der Waals surface area contributed by atoms with Crippen LogP contribution in [0, 0.1) is 13.8 Å². The fourth-order valence-electron chi connectivity index (χ4n) is 3.66. The quantitative estimate of drug-likeness (QED) is 0.754. The van der Waals surface area contributed by atoms with E-state index in [1.165, 1.54) is 22.4 Å². The van der Waals surface area contributed by atoms with Gasteiger partial charge in [-0.15, -0.1) is 0 Å². The standard InChI is InChI=1S/C23H32N2O/c1-18(2)21-10-9-19(3)17-23(21)26-16-15-24-11-13-25(14-12-24)22-8-6-5-7-20(22)4/h5-10,17-18H,11-16H2,1-4H3. The van der Waals surface area contributed by atoms with Gasteiger partial charge < -0.3 is 9.64 Å². The summed E-state index contributed by atoms with van der Waals surface area (Å²) in [6.45, 7) is 14.9. The average Bonchev–Trinajstić information content (AvgIpc) is 2.63. The van der Waals surface area contributed by atoms with Crippen LogP contribution < -0.4 is 9.64 Å². The zero-order valence-corrected chi connectivity index (χ0v) is 16.7. The first-order valence-corrected chi connectivity index (χ1v) is 9.81. The molecule has 0 radical (unpaired) electrons. The molecule has 1 aliphatic heterocycles. The summed E-state index contributed by atoms with van der Waals surface area (Å²) in [6, 6.07) is 15.2. The van der Waals surface area contributed by atoms with Crippen LogP contribution in [0.1, 0.15) is 36.5 Å². The Bertz CT molecular complexity index is 718. The predicted octanol–water partition coefficient (Wildman–Crippen LogP) is 4.63. The van der Waals surface area contributed by atoms with Gasteiger partial charge in [0.1, 0.15) is 12.4 Å². The Morgan fingerprint density at radius 2 is 1.69 bits per heavy atom. The molecule has 0 unspecified atom stereocenters. The molecular formula is C23H32N2O. The monoisotopic (exact) mass is 352 g/mol. The Morgan fingerprint density at radius 3 is 2.38 bits per heavy atom. The number of nitrogens with zero attached hydrogens (tertiary/aromatic N) is 2. The normalized spacial score (nSPS) is 15.5. The van der Waals surface area contributed by atoms with Crippen LogP contribution in [0.25, 0.3) is 0 Å². The number of aryl methyl sites for hydroxylation is 2. The summed E-state index contributed by atoms with van der Waals surface area (Å²) in [5.41, 5.74) is 5.31. The third kappa shape index (κ3) is 4.59. The second-order valence-corrected chi connectivity index (χ2v) is 7.66. The topological polar surface area (TPSA) is 15.7 Å². The SMILES string of the molecule is Cc1ccc(C(C)C)c(OCCN2CCN(c3ccccc3C)CC2)c1. The largest absolute Gasteiger partial charge is 0.492 e. The molecule has 0 saturated carbocycles. The highest BCUT2D eigenvalue weighted by molar-refractivity contribution is 5.53. The number of para-hydroxylation sites is 1. The first-order chi connectivity index (χ1) is 12.5. The van der Waals surface area contributed by atoms with Crippen molar-refractivity contribution in [1.29, 1.82) is 0 Å². The first kappa shape index (κ1) is 18.8. The smallest absolute Gasteiger partial charge is 0.123 e. The molecule has 0 aliphatic carbocycles. The number of anilines is 1. The highest BCUT2D eigenvalue weighted by Gasteiger charge is 2.18. The Balaban J connectivity index is 1.49. The fraction of sp³-hybridized carbons (Fsp3) is 0.478. The molecule has 3 nitrogen and oxygen atoms in total. The molecule has 2 aromatic carbocycles. The fourth-order valence-corrected chi connectivity index (χ4v) is 3.66.